The number of hydrogen-bond acceptors (Lipinski definition) is 2. The van der Waals surface area contributed by atoms with Crippen LogP contribution in [0, 0.1) is 0 Å². The van der Waals surface area contributed by atoms with Crippen molar-refractivity contribution in [1.29, 1.82) is 0 Å². The van der Waals surface area contributed by atoms with Crippen molar-refractivity contribution in [3.63, 3.8) is 0 Å². The lowest BCUT2D eigenvalue weighted by molar-refractivity contribution is -0.116. The minimum atomic E-state index is -0.150. The number of carbonyl (C=O) groups excluding carboxylic acids is 2. The third kappa shape index (κ3) is 10.8. The molecule has 2 rings (SSSR count). The predicted molar refractivity (Wildman–Crippen MR) is 135 cm³/mol. The molecule has 1 aliphatic rings. The highest BCUT2D eigenvalue weighted by Gasteiger charge is 2.19. The molecule has 0 spiro atoms. The van der Waals surface area contributed by atoms with Crippen molar-refractivity contribution in [2.75, 3.05) is 5.32 Å². The van der Waals surface area contributed by atoms with Crippen LogP contribution in [0.3, 0.4) is 0 Å². The highest BCUT2D eigenvalue weighted by molar-refractivity contribution is 6.34. The van der Waals surface area contributed by atoms with E-state index >= 15 is 0 Å². The first-order valence-corrected chi connectivity index (χ1v) is 13.4. The molecule has 0 radical (unpaired) electrons. The molecule has 0 bridgehead atoms. The second kappa shape index (κ2) is 16.1. The van der Waals surface area contributed by atoms with Crippen LogP contribution in [0.1, 0.15) is 126 Å². The zero-order valence-electron chi connectivity index (χ0n) is 20.0. The summed E-state index contributed by atoms with van der Waals surface area (Å²) >= 11 is 6.26. The summed E-state index contributed by atoms with van der Waals surface area (Å²) in [5, 5.41) is 6.44. The maximum Gasteiger partial charge on any atom is 0.253 e. The van der Waals surface area contributed by atoms with E-state index in [9.17, 15) is 9.59 Å². The number of carbonyl (C=O) groups is 2. The lowest BCUT2D eigenvalue weighted by Crippen LogP contribution is -2.36. The Bertz CT molecular complexity index is 686. The maximum absolute atomic E-state index is 12.6. The molecule has 0 heterocycles. The first-order valence-electron chi connectivity index (χ1n) is 13.0. The van der Waals surface area contributed by atoms with Crippen LogP contribution in [0.2, 0.25) is 5.02 Å². The molecule has 0 saturated heterocycles. The normalized spacial score (nSPS) is 14.3. The lowest BCUT2D eigenvalue weighted by Gasteiger charge is -2.23. The molecule has 0 unspecified atom stereocenters. The van der Waals surface area contributed by atoms with Gasteiger partial charge in [0, 0.05) is 18.2 Å². The fourth-order valence-electron chi connectivity index (χ4n) is 4.46. The number of halogens is 1. The Kier molecular flexibility index (Phi) is 13.5. The van der Waals surface area contributed by atoms with Gasteiger partial charge in [-0.2, -0.15) is 0 Å². The lowest BCUT2D eigenvalue weighted by atomic mass is 9.95. The molecule has 1 aromatic carbocycles. The van der Waals surface area contributed by atoms with Gasteiger partial charge < -0.3 is 10.6 Å². The van der Waals surface area contributed by atoms with Crippen LogP contribution >= 0.6 is 11.6 Å². The summed E-state index contributed by atoms with van der Waals surface area (Å²) < 4.78 is 0. The van der Waals surface area contributed by atoms with Crippen LogP contribution in [-0.2, 0) is 4.79 Å². The number of hydrogen-bond donors (Lipinski definition) is 2. The molecule has 0 aliphatic heterocycles. The van der Waals surface area contributed by atoms with Crippen LogP contribution in [0.5, 0.6) is 0 Å². The summed E-state index contributed by atoms with van der Waals surface area (Å²) in [5.74, 6) is -0.148. The molecular formula is C27H43ClN2O2. The van der Waals surface area contributed by atoms with Crippen LogP contribution in [0.25, 0.3) is 0 Å². The quantitative estimate of drug-likeness (QED) is 0.259. The molecule has 32 heavy (non-hydrogen) atoms. The van der Waals surface area contributed by atoms with Crippen molar-refractivity contribution in [1.82, 2.24) is 5.32 Å². The van der Waals surface area contributed by atoms with Crippen molar-refractivity contribution in [2.45, 2.75) is 122 Å². The summed E-state index contributed by atoms with van der Waals surface area (Å²) in [4.78, 5) is 25.0. The van der Waals surface area contributed by atoms with E-state index in [4.69, 9.17) is 11.6 Å². The van der Waals surface area contributed by atoms with Crippen molar-refractivity contribution >= 4 is 29.1 Å². The topological polar surface area (TPSA) is 58.2 Å². The van der Waals surface area contributed by atoms with Gasteiger partial charge in [0.2, 0.25) is 5.91 Å². The first-order chi connectivity index (χ1) is 15.6. The van der Waals surface area contributed by atoms with Gasteiger partial charge in [0.25, 0.3) is 5.91 Å². The Morgan fingerprint density at radius 3 is 2.09 bits per heavy atom. The van der Waals surface area contributed by atoms with Crippen LogP contribution < -0.4 is 10.6 Å². The van der Waals surface area contributed by atoms with E-state index in [2.05, 4.69) is 17.6 Å². The van der Waals surface area contributed by atoms with E-state index in [1.54, 1.807) is 18.2 Å². The number of rotatable bonds is 15. The molecule has 180 valence electrons. The molecule has 2 N–H and O–H groups in total. The fourth-order valence-corrected chi connectivity index (χ4v) is 4.66. The zero-order chi connectivity index (χ0) is 23.0. The second-order valence-corrected chi connectivity index (χ2v) is 9.74. The monoisotopic (exact) mass is 462 g/mol. The number of anilines is 1. The average Bonchev–Trinajstić information content (AvgIpc) is 2.79. The van der Waals surface area contributed by atoms with Crippen molar-refractivity contribution in [3.05, 3.63) is 28.8 Å². The van der Waals surface area contributed by atoms with Crippen LogP contribution in [-0.4, -0.2) is 17.9 Å². The minimum absolute atomic E-state index is 0.00175. The minimum Gasteiger partial charge on any atom is -0.349 e. The van der Waals surface area contributed by atoms with Gasteiger partial charge in [-0.15, -0.1) is 0 Å². The molecule has 1 fully saturated rings. The molecule has 2 amide bonds. The van der Waals surface area contributed by atoms with Crippen molar-refractivity contribution < 1.29 is 9.59 Å². The number of benzene rings is 1. The number of amides is 2. The molecular weight excluding hydrogens is 420 g/mol. The van der Waals surface area contributed by atoms with Crippen molar-refractivity contribution in [3.8, 4) is 0 Å². The summed E-state index contributed by atoms with van der Waals surface area (Å²) in [5.41, 5.74) is 1.07. The van der Waals surface area contributed by atoms with E-state index in [1.807, 2.05) is 0 Å². The third-order valence-electron chi connectivity index (χ3n) is 6.44. The van der Waals surface area contributed by atoms with Gasteiger partial charge in [-0.3, -0.25) is 9.59 Å². The van der Waals surface area contributed by atoms with E-state index in [1.165, 1.54) is 64.2 Å². The zero-order valence-corrected chi connectivity index (χ0v) is 20.8. The Morgan fingerprint density at radius 2 is 1.47 bits per heavy atom. The van der Waals surface area contributed by atoms with Gasteiger partial charge in [0.05, 0.1) is 10.6 Å². The van der Waals surface area contributed by atoms with E-state index in [0.717, 1.165) is 38.5 Å². The summed E-state index contributed by atoms with van der Waals surface area (Å²) in [6.45, 7) is 2.25. The average molecular weight is 463 g/mol. The first kappa shape index (κ1) is 26.7. The maximum atomic E-state index is 12.6. The smallest absolute Gasteiger partial charge is 0.253 e. The van der Waals surface area contributed by atoms with Crippen molar-refractivity contribution in [2.24, 2.45) is 0 Å². The van der Waals surface area contributed by atoms with E-state index in [0.29, 0.717) is 22.7 Å². The van der Waals surface area contributed by atoms with Gasteiger partial charge in [-0.1, -0.05) is 102 Å². The van der Waals surface area contributed by atoms with E-state index in [-0.39, 0.29) is 17.9 Å². The Hall–Kier alpha value is -1.55. The Morgan fingerprint density at radius 1 is 0.875 bits per heavy atom. The summed E-state index contributed by atoms with van der Waals surface area (Å²) in [6.07, 6.45) is 20.1. The fraction of sp³-hybridized carbons (Fsp3) is 0.704. The van der Waals surface area contributed by atoms with Gasteiger partial charge in [0.15, 0.2) is 0 Å². The van der Waals surface area contributed by atoms with Crippen LogP contribution in [0.15, 0.2) is 18.2 Å². The molecule has 1 saturated carbocycles. The standard InChI is InChI=1S/C27H43ClN2O2/c1-2-3-4-5-6-7-8-9-10-11-15-18-26(31)29-23-19-20-25(28)24(21-23)27(32)30-22-16-13-12-14-17-22/h19-22H,2-18H2,1H3,(H,29,31)(H,30,32). The number of unbranched alkanes of at least 4 members (excludes halogenated alkanes) is 10. The van der Waals surface area contributed by atoms with Gasteiger partial charge in [0.1, 0.15) is 0 Å². The molecule has 4 nitrogen and oxygen atoms in total. The highest BCUT2D eigenvalue weighted by Crippen LogP contribution is 2.23. The predicted octanol–water partition coefficient (Wildman–Crippen LogP) is 8.04. The number of nitrogens with one attached hydrogen (secondary N) is 2. The molecule has 0 atom stereocenters. The largest absolute Gasteiger partial charge is 0.349 e. The molecule has 1 aromatic rings. The third-order valence-corrected chi connectivity index (χ3v) is 6.77. The summed E-state index contributed by atoms with van der Waals surface area (Å²) in [7, 11) is 0. The molecule has 1 aliphatic carbocycles. The van der Waals surface area contributed by atoms with Gasteiger partial charge in [-0.05, 0) is 37.5 Å². The Labute approximate surface area is 200 Å². The highest BCUT2D eigenvalue weighted by atomic mass is 35.5. The van der Waals surface area contributed by atoms with E-state index < -0.39 is 0 Å². The van der Waals surface area contributed by atoms with Gasteiger partial charge in [-0.25, -0.2) is 0 Å². The van der Waals surface area contributed by atoms with Crippen LogP contribution in [0.4, 0.5) is 5.69 Å². The Balaban J connectivity index is 1.62. The molecule has 5 heteroatoms. The molecule has 0 aromatic heterocycles. The summed E-state index contributed by atoms with van der Waals surface area (Å²) in [6, 6.07) is 5.37. The SMILES string of the molecule is CCCCCCCCCCCCCC(=O)Nc1ccc(Cl)c(C(=O)NC2CCCCC2)c1. The second-order valence-electron chi connectivity index (χ2n) is 9.34. The van der Waals surface area contributed by atoms with Gasteiger partial charge >= 0.3 is 0 Å².